The van der Waals surface area contributed by atoms with Gasteiger partial charge in [0.25, 0.3) is 0 Å². The third-order valence-corrected chi connectivity index (χ3v) is 9.85. The van der Waals surface area contributed by atoms with E-state index in [-0.39, 0.29) is 12.1 Å². The van der Waals surface area contributed by atoms with Crippen LogP contribution in [0.3, 0.4) is 0 Å². The fraction of sp³-hybridized carbons (Fsp3) is 1.00. The number of halogens is 1. The van der Waals surface area contributed by atoms with Gasteiger partial charge in [0, 0.05) is 50.7 Å². The Balaban J connectivity index is 1.60. The van der Waals surface area contributed by atoms with E-state index in [9.17, 15) is 10.2 Å². The fourth-order valence-corrected chi connectivity index (χ4v) is 8.04. The smallest absolute Gasteiger partial charge is 0.121 e. The number of aliphatic hydroxyl groups is 2. The summed E-state index contributed by atoms with van der Waals surface area (Å²) in [6, 6.07) is 0.947. The van der Waals surface area contributed by atoms with Crippen molar-refractivity contribution in [1.82, 2.24) is 14.7 Å². The molecule has 0 amide bonds. The highest BCUT2D eigenvalue weighted by molar-refractivity contribution is 6.18. The quantitative estimate of drug-likeness (QED) is 0.271. The van der Waals surface area contributed by atoms with Crippen LogP contribution in [0.4, 0.5) is 0 Å². The third kappa shape index (κ3) is 9.03. The summed E-state index contributed by atoms with van der Waals surface area (Å²) >= 11 is 6.20. The van der Waals surface area contributed by atoms with Crippen molar-refractivity contribution in [3.63, 3.8) is 0 Å². The van der Waals surface area contributed by atoms with Crippen molar-refractivity contribution in [3.8, 4) is 0 Å². The summed E-state index contributed by atoms with van der Waals surface area (Å²) in [6.07, 6.45) is 8.05. The molecule has 3 aliphatic rings. The van der Waals surface area contributed by atoms with Gasteiger partial charge in [0.2, 0.25) is 0 Å². The van der Waals surface area contributed by atoms with Gasteiger partial charge < -0.3 is 14.9 Å². The molecule has 2 heterocycles. The van der Waals surface area contributed by atoms with Crippen LogP contribution < -0.4 is 0 Å². The molecule has 1 aliphatic carbocycles. The van der Waals surface area contributed by atoms with E-state index in [4.69, 9.17) is 16.3 Å². The molecule has 2 aliphatic heterocycles. The molecule has 37 heavy (non-hydrogen) atoms. The fourth-order valence-electron chi connectivity index (χ4n) is 7.86. The predicted octanol–water partition coefficient (Wildman–Crippen LogP) is 4.86. The first-order valence-corrected chi connectivity index (χ1v) is 16.0. The zero-order chi connectivity index (χ0) is 26.9. The van der Waals surface area contributed by atoms with Gasteiger partial charge in [-0.25, -0.2) is 0 Å². The van der Waals surface area contributed by atoms with E-state index >= 15 is 0 Å². The molecule has 0 radical (unpaired) electrons. The number of nitrogens with zero attached hydrogens (tertiary/aromatic N) is 3. The summed E-state index contributed by atoms with van der Waals surface area (Å²) in [5.74, 6) is 2.84. The summed E-state index contributed by atoms with van der Waals surface area (Å²) in [7, 11) is 0. The van der Waals surface area contributed by atoms with E-state index < -0.39 is 6.23 Å². The molecule has 6 atom stereocenters. The number of rotatable bonds is 12. The zero-order valence-electron chi connectivity index (χ0n) is 24.5. The normalized spacial score (nSPS) is 33.4. The monoisotopic (exact) mass is 543 g/mol. The predicted molar refractivity (Wildman–Crippen MR) is 154 cm³/mol. The molecule has 3 fully saturated rings. The lowest BCUT2D eigenvalue weighted by molar-refractivity contribution is -0.100. The van der Waals surface area contributed by atoms with Crippen LogP contribution >= 0.6 is 11.6 Å². The molecule has 6 nitrogen and oxygen atoms in total. The molecule has 7 heteroatoms. The van der Waals surface area contributed by atoms with Crippen LogP contribution in [0.5, 0.6) is 0 Å². The first-order chi connectivity index (χ1) is 17.7. The molecule has 0 aromatic carbocycles. The SMILES string of the molecule is CCCC(CC(C)C)CN(C(O)CCl)C1CCCN(C(O)C2C(C)CC(N3CCOCC3)CC2C)CC1. The molecular formula is C30H58ClN3O3. The standard InChI is InChI=1S/C30H58ClN3O3/c1-6-8-25(17-22(2)3)21-34(28(35)20-31)26-9-7-11-33(12-10-26)30(36)29-23(4)18-27(19-24(29)5)32-13-15-37-16-14-32/h22-30,35-36H,6-21H2,1-5H3. The highest BCUT2D eigenvalue weighted by atomic mass is 35.5. The topological polar surface area (TPSA) is 59.4 Å². The van der Waals surface area contributed by atoms with Crippen molar-refractivity contribution < 1.29 is 14.9 Å². The highest BCUT2D eigenvalue weighted by Crippen LogP contribution is 2.40. The molecule has 1 saturated carbocycles. The van der Waals surface area contributed by atoms with Crippen molar-refractivity contribution in [3.05, 3.63) is 0 Å². The van der Waals surface area contributed by atoms with Crippen molar-refractivity contribution in [1.29, 1.82) is 0 Å². The zero-order valence-corrected chi connectivity index (χ0v) is 25.3. The molecule has 2 N–H and O–H groups in total. The number of hydrogen-bond donors (Lipinski definition) is 2. The van der Waals surface area contributed by atoms with Gasteiger partial charge in [0.15, 0.2) is 0 Å². The Morgan fingerprint density at radius 2 is 1.68 bits per heavy atom. The number of alkyl halides is 1. The van der Waals surface area contributed by atoms with Gasteiger partial charge in [-0.3, -0.25) is 14.7 Å². The maximum atomic E-state index is 11.7. The van der Waals surface area contributed by atoms with Gasteiger partial charge in [0.05, 0.1) is 19.1 Å². The molecule has 0 bridgehead atoms. The first-order valence-electron chi connectivity index (χ1n) is 15.5. The van der Waals surface area contributed by atoms with E-state index in [1.54, 1.807) is 0 Å². The summed E-state index contributed by atoms with van der Waals surface area (Å²) in [4.78, 5) is 7.29. The van der Waals surface area contributed by atoms with Gasteiger partial charge in [-0.1, -0.05) is 41.0 Å². The van der Waals surface area contributed by atoms with Crippen LogP contribution in [0.25, 0.3) is 0 Å². The van der Waals surface area contributed by atoms with Gasteiger partial charge >= 0.3 is 0 Å². The molecule has 218 valence electrons. The van der Waals surface area contributed by atoms with Crippen LogP contribution in [0.1, 0.15) is 86.0 Å². The minimum Gasteiger partial charge on any atom is -0.379 e. The van der Waals surface area contributed by atoms with Crippen LogP contribution in [0, 0.1) is 29.6 Å². The molecule has 2 saturated heterocycles. The average Bonchev–Trinajstić information content (AvgIpc) is 3.13. The Bertz CT molecular complexity index is 623. The van der Waals surface area contributed by atoms with E-state index in [1.807, 2.05) is 0 Å². The Morgan fingerprint density at radius 3 is 2.27 bits per heavy atom. The molecular weight excluding hydrogens is 486 g/mol. The second kappa shape index (κ2) is 15.7. The van der Waals surface area contributed by atoms with E-state index in [2.05, 4.69) is 49.3 Å². The maximum absolute atomic E-state index is 11.7. The second-order valence-electron chi connectivity index (χ2n) is 13.0. The first kappa shape index (κ1) is 31.6. The molecule has 6 unspecified atom stereocenters. The van der Waals surface area contributed by atoms with E-state index in [0.717, 1.165) is 65.2 Å². The third-order valence-electron chi connectivity index (χ3n) is 9.58. The van der Waals surface area contributed by atoms with Crippen LogP contribution in [0.2, 0.25) is 0 Å². The van der Waals surface area contributed by atoms with Gasteiger partial charge in [-0.05, 0) is 68.6 Å². The van der Waals surface area contributed by atoms with Gasteiger partial charge in [0.1, 0.15) is 12.5 Å². The van der Waals surface area contributed by atoms with Crippen molar-refractivity contribution in [2.24, 2.45) is 29.6 Å². The molecule has 3 rings (SSSR count). The Labute approximate surface area is 233 Å². The minimum atomic E-state index is -0.592. The summed E-state index contributed by atoms with van der Waals surface area (Å²) in [6.45, 7) is 18.1. The van der Waals surface area contributed by atoms with Crippen LogP contribution in [-0.4, -0.2) is 101 Å². The molecule has 0 aromatic heterocycles. The number of aliphatic hydroxyl groups excluding tert-OH is 2. The van der Waals surface area contributed by atoms with E-state index in [0.29, 0.717) is 41.7 Å². The Morgan fingerprint density at radius 1 is 1.00 bits per heavy atom. The summed E-state index contributed by atoms with van der Waals surface area (Å²) in [5, 5.41) is 22.6. The number of morpholine rings is 1. The number of ether oxygens (including phenoxy) is 1. The van der Waals surface area contributed by atoms with Crippen molar-refractivity contribution >= 4 is 11.6 Å². The van der Waals surface area contributed by atoms with Gasteiger partial charge in [-0.15, -0.1) is 11.6 Å². The van der Waals surface area contributed by atoms with Crippen molar-refractivity contribution in [2.45, 2.75) is 111 Å². The molecule has 0 aromatic rings. The Hall–Kier alpha value is 0.0500. The maximum Gasteiger partial charge on any atom is 0.121 e. The molecule has 0 spiro atoms. The summed E-state index contributed by atoms with van der Waals surface area (Å²) in [5.41, 5.74) is 0. The van der Waals surface area contributed by atoms with Crippen molar-refractivity contribution in [2.75, 3.05) is 51.8 Å². The summed E-state index contributed by atoms with van der Waals surface area (Å²) < 4.78 is 5.58. The number of likely N-dealkylation sites (tertiary alicyclic amines) is 1. The highest BCUT2D eigenvalue weighted by Gasteiger charge is 2.42. The lowest BCUT2D eigenvalue weighted by Gasteiger charge is -2.48. The van der Waals surface area contributed by atoms with Crippen LogP contribution in [0.15, 0.2) is 0 Å². The Kier molecular flexibility index (Phi) is 13.4. The largest absolute Gasteiger partial charge is 0.379 e. The number of hydrogen-bond acceptors (Lipinski definition) is 6. The van der Waals surface area contributed by atoms with Crippen LogP contribution in [-0.2, 0) is 4.74 Å². The lowest BCUT2D eigenvalue weighted by Crippen LogP contribution is -2.53. The average molecular weight is 544 g/mol. The van der Waals surface area contributed by atoms with E-state index in [1.165, 1.54) is 32.1 Å². The lowest BCUT2D eigenvalue weighted by atomic mass is 9.70. The second-order valence-corrected chi connectivity index (χ2v) is 13.3. The van der Waals surface area contributed by atoms with Gasteiger partial charge in [-0.2, -0.15) is 0 Å². The minimum absolute atomic E-state index is 0.255.